The van der Waals surface area contributed by atoms with Crippen molar-refractivity contribution >= 4 is 21.8 Å². The van der Waals surface area contributed by atoms with E-state index in [0.29, 0.717) is 0 Å². The Morgan fingerprint density at radius 1 is 0.667 bits per heavy atom. The highest BCUT2D eigenvalue weighted by atomic mass is 15.0. The molecule has 0 bridgehead atoms. The van der Waals surface area contributed by atoms with Crippen LogP contribution in [-0.4, -0.2) is 4.57 Å². The lowest BCUT2D eigenvalue weighted by Crippen LogP contribution is -1.97. The maximum Gasteiger partial charge on any atom is 0.0491 e. The molecule has 0 saturated heterocycles. The first kappa shape index (κ1) is 15.0. The van der Waals surface area contributed by atoms with Crippen LogP contribution >= 0.6 is 0 Å². The van der Waals surface area contributed by atoms with Gasteiger partial charge in [0.15, 0.2) is 0 Å². The van der Waals surface area contributed by atoms with Crippen LogP contribution in [-0.2, 0) is 6.54 Å². The van der Waals surface area contributed by atoms with Crippen molar-refractivity contribution in [2.24, 2.45) is 0 Å². The second-order valence-corrected chi connectivity index (χ2v) is 6.47. The van der Waals surface area contributed by atoms with E-state index in [1.54, 1.807) is 0 Å². The molecule has 0 amide bonds. The van der Waals surface area contributed by atoms with Gasteiger partial charge in [0.1, 0.15) is 0 Å². The standard InChI is InChI=1S/C23H23N/c1-2-3-9-16-24-22-13-8-7-12-20(22)21-17-19(14-15-23(21)24)18-10-5-4-6-11-18/h4-8,10-15,17H,2-3,9,16H2,1H3. The minimum atomic E-state index is 1.10. The minimum Gasteiger partial charge on any atom is -0.340 e. The number of hydrogen-bond donors (Lipinski definition) is 0. The van der Waals surface area contributed by atoms with Crippen molar-refractivity contribution in [2.75, 3.05) is 0 Å². The summed E-state index contributed by atoms with van der Waals surface area (Å²) in [6, 6.07) is 26.3. The fraction of sp³-hybridized carbons (Fsp3) is 0.217. The monoisotopic (exact) mass is 313 g/mol. The Hall–Kier alpha value is -2.54. The topological polar surface area (TPSA) is 4.93 Å². The zero-order valence-electron chi connectivity index (χ0n) is 14.2. The van der Waals surface area contributed by atoms with Crippen molar-refractivity contribution < 1.29 is 0 Å². The number of nitrogens with zero attached hydrogens (tertiary/aromatic N) is 1. The van der Waals surface area contributed by atoms with Crippen LogP contribution in [0.2, 0.25) is 0 Å². The number of para-hydroxylation sites is 1. The molecule has 1 heteroatoms. The number of unbranched alkanes of at least 4 members (excludes halogenated alkanes) is 2. The molecule has 1 heterocycles. The van der Waals surface area contributed by atoms with Gasteiger partial charge in [-0.3, -0.25) is 0 Å². The number of benzene rings is 3. The molecule has 0 fully saturated rings. The van der Waals surface area contributed by atoms with Gasteiger partial charge in [-0.25, -0.2) is 0 Å². The molecule has 0 atom stereocenters. The van der Waals surface area contributed by atoms with Crippen molar-refractivity contribution in [1.82, 2.24) is 4.57 Å². The highest BCUT2D eigenvalue weighted by molar-refractivity contribution is 6.09. The first-order chi connectivity index (χ1) is 11.9. The van der Waals surface area contributed by atoms with Crippen LogP contribution in [0.5, 0.6) is 0 Å². The molecular formula is C23H23N. The van der Waals surface area contributed by atoms with Gasteiger partial charge in [0.25, 0.3) is 0 Å². The zero-order chi connectivity index (χ0) is 16.4. The van der Waals surface area contributed by atoms with E-state index < -0.39 is 0 Å². The maximum atomic E-state index is 2.50. The summed E-state index contributed by atoms with van der Waals surface area (Å²) in [4.78, 5) is 0. The van der Waals surface area contributed by atoms with E-state index in [1.165, 1.54) is 52.2 Å². The van der Waals surface area contributed by atoms with Crippen LogP contribution in [0.1, 0.15) is 26.2 Å². The first-order valence-electron chi connectivity index (χ1n) is 8.95. The van der Waals surface area contributed by atoms with E-state index in [1.807, 2.05) is 0 Å². The van der Waals surface area contributed by atoms with Crippen LogP contribution in [0.4, 0.5) is 0 Å². The van der Waals surface area contributed by atoms with Crippen molar-refractivity contribution in [3.63, 3.8) is 0 Å². The minimum absolute atomic E-state index is 1.10. The maximum absolute atomic E-state index is 2.50. The van der Waals surface area contributed by atoms with Gasteiger partial charge < -0.3 is 4.57 Å². The Morgan fingerprint density at radius 2 is 1.42 bits per heavy atom. The van der Waals surface area contributed by atoms with E-state index in [-0.39, 0.29) is 0 Å². The van der Waals surface area contributed by atoms with Gasteiger partial charge in [0, 0.05) is 28.4 Å². The Balaban J connectivity index is 1.89. The van der Waals surface area contributed by atoms with E-state index in [2.05, 4.69) is 84.3 Å². The molecule has 0 aliphatic heterocycles. The number of aryl methyl sites for hydroxylation is 1. The predicted molar refractivity (Wildman–Crippen MR) is 104 cm³/mol. The fourth-order valence-corrected chi connectivity index (χ4v) is 3.62. The summed E-state index contributed by atoms with van der Waals surface area (Å²) in [6.45, 7) is 3.36. The second-order valence-electron chi connectivity index (χ2n) is 6.47. The molecule has 1 nitrogen and oxygen atoms in total. The molecule has 4 aromatic rings. The summed E-state index contributed by atoms with van der Waals surface area (Å²) in [5, 5.41) is 2.73. The average molecular weight is 313 g/mol. The quantitative estimate of drug-likeness (QED) is 0.363. The van der Waals surface area contributed by atoms with Gasteiger partial charge in [-0.1, -0.05) is 74.4 Å². The largest absolute Gasteiger partial charge is 0.340 e. The number of rotatable bonds is 5. The third-order valence-corrected chi connectivity index (χ3v) is 4.86. The first-order valence-corrected chi connectivity index (χ1v) is 8.95. The lowest BCUT2D eigenvalue weighted by Gasteiger charge is -2.07. The van der Waals surface area contributed by atoms with Gasteiger partial charge in [-0.05, 0) is 35.7 Å². The van der Waals surface area contributed by atoms with E-state index in [9.17, 15) is 0 Å². The molecule has 0 aliphatic rings. The summed E-state index contributed by atoms with van der Waals surface area (Å²) in [5.41, 5.74) is 5.28. The average Bonchev–Trinajstić information content (AvgIpc) is 2.96. The van der Waals surface area contributed by atoms with Crippen molar-refractivity contribution in [3.8, 4) is 11.1 Å². The van der Waals surface area contributed by atoms with Crippen LogP contribution < -0.4 is 0 Å². The predicted octanol–water partition coefficient (Wildman–Crippen LogP) is 6.65. The lowest BCUT2D eigenvalue weighted by atomic mass is 10.0. The smallest absolute Gasteiger partial charge is 0.0491 e. The van der Waals surface area contributed by atoms with Crippen molar-refractivity contribution in [2.45, 2.75) is 32.7 Å². The summed E-state index contributed by atoms with van der Waals surface area (Å²) < 4.78 is 2.50. The highest BCUT2D eigenvalue weighted by Gasteiger charge is 2.11. The van der Waals surface area contributed by atoms with E-state index in [0.717, 1.165) is 6.54 Å². The molecule has 0 unspecified atom stereocenters. The number of hydrogen-bond acceptors (Lipinski definition) is 0. The van der Waals surface area contributed by atoms with Gasteiger partial charge in [-0.15, -0.1) is 0 Å². The van der Waals surface area contributed by atoms with Crippen molar-refractivity contribution in [3.05, 3.63) is 72.8 Å². The van der Waals surface area contributed by atoms with E-state index in [4.69, 9.17) is 0 Å². The molecule has 120 valence electrons. The summed E-state index contributed by atoms with van der Waals surface area (Å²) >= 11 is 0. The van der Waals surface area contributed by atoms with Gasteiger partial charge in [-0.2, -0.15) is 0 Å². The van der Waals surface area contributed by atoms with Crippen LogP contribution in [0.15, 0.2) is 72.8 Å². The normalized spacial score (nSPS) is 11.4. The molecule has 0 saturated carbocycles. The molecule has 24 heavy (non-hydrogen) atoms. The Bertz CT molecular complexity index is 963. The van der Waals surface area contributed by atoms with Crippen molar-refractivity contribution in [1.29, 1.82) is 0 Å². The molecule has 0 N–H and O–H groups in total. The number of aromatic nitrogens is 1. The highest BCUT2D eigenvalue weighted by Crippen LogP contribution is 2.32. The van der Waals surface area contributed by atoms with E-state index >= 15 is 0 Å². The third kappa shape index (κ3) is 2.60. The summed E-state index contributed by atoms with van der Waals surface area (Å²) in [6.07, 6.45) is 3.79. The molecule has 0 aliphatic carbocycles. The molecular weight excluding hydrogens is 290 g/mol. The summed E-state index contributed by atoms with van der Waals surface area (Å²) in [7, 11) is 0. The summed E-state index contributed by atoms with van der Waals surface area (Å²) in [5.74, 6) is 0. The van der Waals surface area contributed by atoms with Gasteiger partial charge in [0.2, 0.25) is 0 Å². The molecule has 3 aromatic carbocycles. The molecule has 0 spiro atoms. The Kier molecular flexibility index (Phi) is 4.08. The SMILES string of the molecule is CCCCCn1c2ccccc2c2cc(-c3ccccc3)ccc21. The van der Waals surface area contributed by atoms with Gasteiger partial charge in [0.05, 0.1) is 0 Å². The molecule has 0 radical (unpaired) electrons. The second kappa shape index (κ2) is 6.52. The fourth-order valence-electron chi connectivity index (χ4n) is 3.62. The molecule has 1 aromatic heterocycles. The van der Waals surface area contributed by atoms with Gasteiger partial charge >= 0.3 is 0 Å². The van der Waals surface area contributed by atoms with Crippen LogP contribution in [0.3, 0.4) is 0 Å². The van der Waals surface area contributed by atoms with Crippen LogP contribution in [0.25, 0.3) is 32.9 Å². The third-order valence-electron chi connectivity index (χ3n) is 4.86. The Morgan fingerprint density at radius 3 is 2.25 bits per heavy atom. The number of fused-ring (bicyclic) bond motifs is 3. The zero-order valence-corrected chi connectivity index (χ0v) is 14.2. The molecule has 4 rings (SSSR count). The lowest BCUT2D eigenvalue weighted by molar-refractivity contribution is 0.627. The Labute approximate surface area is 143 Å². The van der Waals surface area contributed by atoms with Crippen LogP contribution in [0, 0.1) is 0 Å².